The average Bonchev–Trinajstić information content (AvgIpc) is 3.68. The van der Waals surface area contributed by atoms with E-state index in [1.54, 1.807) is 0 Å². The summed E-state index contributed by atoms with van der Waals surface area (Å²) in [6.45, 7) is 2.03. The summed E-state index contributed by atoms with van der Waals surface area (Å²) in [6.07, 6.45) is 15.2. The monoisotopic (exact) mass is 879 g/mol. The van der Waals surface area contributed by atoms with Crippen LogP contribution in [0, 0.1) is 6.07 Å². The summed E-state index contributed by atoms with van der Waals surface area (Å²) >= 11 is 0. The molecule has 0 saturated heterocycles. The maximum absolute atomic E-state index is 5.42. The summed E-state index contributed by atoms with van der Waals surface area (Å²) in [6, 6.07) is 34.1. The minimum absolute atomic E-state index is 0. The fourth-order valence-corrected chi connectivity index (χ4v) is 7.80. The number of aliphatic imine (C=N–C) groups is 2. The number of halogens is 1. The van der Waals surface area contributed by atoms with Gasteiger partial charge >= 0.3 is 0 Å². The molecule has 3 aromatic rings. The third-order valence-corrected chi connectivity index (χ3v) is 9.90. The molecule has 4 nitrogen and oxygen atoms in total. The van der Waals surface area contributed by atoms with E-state index in [0.29, 0.717) is 24.2 Å². The molecule has 0 spiro atoms. The molecule has 0 unspecified atom stereocenters. The normalized spacial score (nSPS) is 22.6. The predicted octanol–water partition coefficient (Wildman–Crippen LogP) is 4.50. The van der Waals surface area contributed by atoms with E-state index < -0.39 is 0 Å². The molecular formula is C38H45IN4Pt-. The Morgan fingerprint density at radius 1 is 0.545 bits per heavy atom. The Kier molecular flexibility index (Phi) is 12.2. The molecule has 0 N–H and O–H groups in total. The van der Waals surface area contributed by atoms with Crippen LogP contribution < -0.4 is 24.0 Å². The number of rotatable bonds is 8. The van der Waals surface area contributed by atoms with Crippen molar-refractivity contribution in [3.05, 3.63) is 107 Å². The molecular weight excluding hydrogens is 834 g/mol. The molecule has 44 heavy (non-hydrogen) atoms. The van der Waals surface area contributed by atoms with Crippen molar-refractivity contribution >= 4 is 11.7 Å². The van der Waals surface area contributed by atoms with Gasteiger partial charge < -0.3 is 33.8 Å². The van der Waals surface area contributed by atoms with Crippen LogP contribution in [0.3, 0.4) is 0 Å². The second-order valence-electron chi connectivity index (χ2n) is 13.0. The zero-order chi connectivity index (χ0) is 28.1. The molecule has 3 aromatic carbocycles. The van der Waals surface area contributed by atoms with Gasteiger partial charge in [0.2, 0.25) is 0 Å². The van der Waals surface area contributed by atoms with Crippen LogP contribution in [0.4, 0.5) is 0 Å². The van der Waals surface area contributed by atoms with E-state index >= 15 is 0 Å². The van der Waals surface area contributed by atoms with Gasteiger partial charge in [0, 0.05) is 63.4 Å². The van der Waals surface area contributed by atoms with Gasteiger partial charge in [-0.3, -0.25) is 9.98 Å². The van der Waals surface area contributed by atoms with Crippen molar-refractivity contribution < 1.29 is 45.0 Å². The van der Waals surface area contributed by atoms with Gasteiger partial charge in [0.25, 0.3) is 0 Å². The van der Waals surface area contributed by atoms with E-state index in [1.807, 2.05) is 0 Å². The number of amidine groups is 2. The summed E-state index contributed by atoms with van der Waals surface area (Å²) in [5.74, 6) is 2.32. The Hall–Kier alpha value is -1.98. The molecule has 2 aliphatic carbocycles. The first-order valence-corrected chi connectivity index (χ1v) is 16.6. The van der Waals surface area contributed by atoms with Crippen LogP contribution in [-0.2, 0) is 33.9 Å². The molecule has 2 fully saturated rings. The Balaban J connectivity index is 0.00000192. The van der Waals surface area contributed by atoms with Crippen molar-refractivity contribution in [2.75, 3.05) is 13.1 Å². The van der Waals surface area contributed by atoms with Crippen molar-refractivity contribution in [3.63, 3.8) is 0 Å². The molecule has 2 heterocycles. The SMILES string of the molecule is [I-].[Pt].[c]1c(C2=N[C@@H](Cc3ccccc3)CN2C2CCCCC2)cccc1C1=N[C@@H](Cc2ccccc2)CN1C1CCCCC1. The molecule has 4 aliphatic rings. The maximum Gasteiger partial charge on any atom is 0.132 e. The van der Waals surface area contributed by atoms with Gasteiger partial charge in [0.05, 0.1) is 12.1 Å². The van der Waals surface area contributed by atoms with E-state index in [1.165, 1.54) is 75.3 Å². The van der Waals surface area contributed by atoms with Crippen LogP contribution in [0.25, 0.3) is 0 Å². The predicted molar refractivity (Wildman–Crippen MR) is 173 cm³/mol. The van der Waals surface area contributed by atoms with Gasteiger partial charge in [-0.25, -0.2) is 0 Å². The van der Waals surface area contributed by atoms with Gasteiger partial charge in [-0.2, -0.15) is 0 Å². The van der Waals surface area contributed by atoms with Gasteiger partial charge in [-0.15, -0.1) is 0 Å². The molecule has 0 aromatic heterocycles. The van der Waals surface area contributed by atoms with Gasteiger partial charge in [0.15, 0.2) is 0 Å². The fraction of sp³-hybridized carbons (Fsp3) is 0.474. The quantitative estimate of drug-likeness (QED) is 0.313. The number of hydrogen-bond donors (Lipinski definition) is 0. The molecule has 0 bridgehead atoms. The first-order valence-electron chi connectivity index (χ1n) is 16.6. The zero-order valence-electron chi connectivity index (χ0n) is 25.7. The van der Waals surface area contributed by atoms with Crippen molar-refractivity contribution in [2.45, 2.75) is 101 Å². The standard InChI is InChI=1S/C38H45N4.HI.Pt/c1-5-14-29(15-6-1)24-33-27-41(35-20-9-3-10-21-35)37(39-33)31-18-13-19-32(26-31)38-40-34(25-30-16-7-2-8-17-30)28-42(38)36-22-11-4-12-23-36;;/h1-2,5-8,13-19,33-36H,3-4,9-12,20-25,27-28H2;1H;/p-1/t33-,34-;;/m0../s1. The minimum atomic E-state index is 0. The van der Waals surface area contributed by atoms with Crippen LogP contribution in [0.5, 0.6) is 0 Å². The molecule has 6 heteroatoms. The van der Waals surface area contributed by atoms with E-state index in [9.17, 15) is 0 Å². The second-order valence-corrected chi connectivity index (χ2v) is 13.0. The van der Waals surface area contributed by atoms with Crippen molar-refractivity contribution in [1.82, 2.24) is 9.80 Å². The summed E-state index contributed by atoms with van der Waals surface area (Å²) in [4.78, 5) is 16.1. The van der Waals surface area contributed by atoms with E-state index in [4.69, 9.17) is 9.98 Å². The number of benzene rings is 3. The maximum atomic E-state index is 5.42. The average molecular weight is 880 g/mol. The summed E-state index contributed by atoms with van der Waals surface area (Å²) in [5.41, 5.74) is 5.04. The Bertz CT molecular complexity index is 1280. The summed E-state index contributed by atoms with van der Waals surface area (Å²) in [7, 11) is 0. The molecule has 235 valence electrons. The van der Waals surface area contributed by atoms with Crippen molar-refractivity contribution in [2.24, 2.45) is 9.98 Å². The van der Waals surface area contributed by atoms with Gasteiger partial charge in [-0.1, -0.05) is 117 Å². The molecule has 1 radical (unpaired) electrons. The van der Waals surface area contributed by atoms with Crippen molar-refractivity contribution in [1.29, 1.82) is 0 Å². The van der Waals surface area contributed by atoms with E-state index in [2.05, 4.69) is 94.7 Å². The van der Waals surface area contributed by atoms with Gasteiger partial charge in [-0.05, 0) is 49.7 Å². The first kappa shape index (κ1) is 33.4. The van der Waals surface area contributed by atoms with Crippen LogP contribution in [0.2, 0.25) is 0 Å². The van der Waals surface area contributed by atoms with Crippen LogP contribution in [0.1, 0.15) is 86.5 Å². The zero-order valence-corrected chi connectivity index (χ0v) is 30.1. The topological polar surface area (TPSA) is 31.2 Å². The fourth-order valence-electron chi connectivity index (χ4n) is 7.80. The molecule has 0 amide bonds. The van der Waals surface area contributed by atoms with Gasteiger partial charge in [0.1, 0.15) is 11.7 Å². The molecule has 2 aliphatic heterocycles. The van der Waals surface area contributed by atoms with Crippen LogP contribution in [0.15, 0.2) is 88.8 Å². The molecule has 2 atom stereocenters. The Morgan fingerprint density at radius 2 is 0.955 bits per heavy atom. The smallest absolute Gasteiger partial charge is 0.132 e. The van der Waals surface area contributed by atoms with Crippen LogP contribution in [-0.4, -0.2) is 58.7 Å². The third kappa shape index (κ3) is 7.86. The van der Waals surface area contributed by atoms with E-state index in [0.717, 1.165) is 48.7 Å². The number of hydrogen-bond acceptors (Lipinski definition) is 4. The number of nitrogens with zero attached hydrogens (tertiary/aromatic N) is 4. The molecule has 7 rings (SSSR count). The minimum Gasteiger partial charge on any atom is -1.00 e. The Labute approximate surface area is 296 Å². The first-order chi connectivity index (χ1) is 20.8. The summed E-state index contributed by atoms with van der Waals surface area (Å²) < 4.78 is 0. The Morgan fingerprint density at radius 3 is 1.36 bits per heavy atom. The second kappa shape index (κ2) is 16.0. The third-order valence-electron chi connectivity index (χ3n) is 9.90. The molecule has 2 saturated carbocycles. The largest absolute Gasteiger partial charge is 1.00 e. The van der Waals surface area contributed by atoms with Crippen LogP contribution >= 0.6 is 0 Å². The van der Waals surface area contributed by atoms with Crippen molar-refractivity contribution in [3.8, 4) is 0 Å². The summed E-state index contributed by atoms with van der Waals surface area (Å²) in [5, 5.41) is 0. The van der Waals surface area contributed by atoms with E-state index in [-0.39, 0.29) is 45.0 Å².